The minimum atomic E-state index is -0.794. The predicted octanol–water partition coefficient (Wildman–Crippen LogP) is 4.17. The van der Waals surface area contributed by atoms with Gasteiger partial charge in [0.05, 0.1) is 7.11 Å². The van der Waals surface area contributed by atoms with E-state index in [1.165, 1.54) is 5.56 Å². The van der Waals surface area contributed by atoms with Gasteiger partial charge in [-0.3, -0.25) is 4.79 Å². The van der Waals surface area contributed by atoms with Gasteiger partial charge in [0.2, 0.25) is 0 Å². The zero-order chi connectivity index (χ0) is 16.4. The van der Waals surface area contributed by atoms with E-state index in [0.29, 0.717) is 6.42 Å². The van der Waals surface area contributed by atoms with Gasteiger partial charge in [0.1, 0.15) is 5.75 Å². The van der Waals surface area contributed by atoms with Crippen molar-refractivity contribution in [3.63, 3.8) is 0 Å². The van der Waals surface area contributed by atoms with E-state index in [-0.39, 0.29) is 6.42 Å². The molecule has 0 fully saturated rings. The monoisotopic (exact) mass is 309 g/mol. The second-order valence-corrected chi connectivity index (χ2v) is 5.65. The van der Waals surface area contributed by atoms with Crippen LogP contribution in [0.1, 0.15) is 17.5 Å². The molecule has 0 aliphatic heterocycles. The molecule has 0 aliphatic carbocycles. The fraction of sp³-hybridized carbons (Fsp3) is 0.211. The summed E-state index contributed by atoms with van der Waals surface area (Å²) < 4.78 is 5.30. The average molecular weight is 309 g/mol. The van der Waals surface area contributed by atoms with Crippen molar-refractivity contribution in [1.29, 1.82) is 0 Å². The third kappa shape index (κ3) is 3.06. The molecule has 3 rings (SSSR count). The summed E-state index contributed by atoms with van der Waals surface area (Å²) in [5.41, 5.74) is 5.24. The van der Waals surface area contributed by atoms with E-state index in [1.807, 2.05) is 25.1 Å². The second kappa shape index (κ2) is 6.16. The lowest BCUT2D eigenvalue weighted by Gasteiger charge is -2.05. The van der Waals surface area contributed by atoms with Crippen molar-refractivity contribution in [1.82, 2.24) is 4.98 Å². The van der Waals surface area contributed by atoms with E-state index in [4.69, 9.17) is 9.84 Å². The molecule has 118 valence electrons. The highest BCUT2D eigenvalue weighted by atomic mass is 16.5. The third-order valence-corrected chi connectivity index (χ3v) is 4.04. The molecule has 0 saturated carbocycles. The zero-order valence-corrected chi connectivity index (χ0v) is 13.2. The number of carboxylic acids is 1. The van der Waals surface area contributed by atoms with Crippen molar-refractivity contribution < 1.29 is 14.6 Å². The summed E-state index contributed by atoms with van der Waals surface area (Å²) in [4.78, 5) is 14.4. The number of aliphatic carboxylic acids is 1. The Labute approximate surface area is 134 Å². The van der Waals surface area contributed by atoms with Gasteiger partial charge in [-0.05, 0) is 42.7 Å². The van der Waals surface area contributed by atoms with Crippen LogP contribution >= 0.6 is 0 Å². The molecule has 4 heteroatoms. The van der Waals surface area contributed by atoms with E-state index in [0.717, 1.165) is 33.5 Å². The molecule has 2 aromatic carbocycles. The van der Waals surface area contributed by atoms with Crippen molar-refractivity contribution in [2.45, 2.75) is 19.8 Å². The van der Waals surface area contributed by atoms with Crippen LogP contribution in [0.5, 0.6) is 5.75 Å². The number of aromatic nitrogens is 1. The minimum Gasteiger partial charge on any atom is -0.497 e. The topological polar surface area (TPSA) is 62.3 Å². The van der Waals surface area contributed by atoms with Gasteiger partial charge in [-0.15, -0.1) is 0 Å². The molecule has 2 N–H and O–H groups in total. The highest BCUT2D eigenvalue weighted by Crippen LogP contribution is 2.33. The van der Waals surface area contributed by atoms with Crippen LogP contribution in [0.4, 0.5) is 0 Å². The van der Waals surface area contributed by atoms with E-state index < -0.39 is 5.97 Å². The van der Waals surface area contributed by atoms with Crippen LogP contribution in [-0.4, -0.2) is 23.2 Å². The van der Waals surface area contributed by atoms with E-state index >= 15 is 0 Å². The summed E-state index contributed by atoms with van der Waals surface area (Å²) in [5.74, 6) is -0.0272. The largest absolute Gasteiger partial charge is 0.497 e. The Morgan fingerprint density at radius 3 is 2.57 bits per heavy atom. The Kier molecular flexibility index (Phi) is 4.06. The van der Waals surface area contributed by atoms with Gasteiger partial charge < -0.3 is 14.8 Å². The summed E-state index contributed by atoms with van der Waals surface area (Å²) in [5, 5.41) is 10.1. The fourth-order valence-corrected chi connectivity index (χ4v) is 2.81. The van der Waals surface area contributed by atoms with Crippen molar-refractivity contribution in [2.24, 2.45) is 0 Å². The smallest absolute Gasteiger partial charge is 0.303 e. The van der Waals surface area contributed by atoms with Crippen molar-refractivity contribution in [3.8, 4) is 17.0 Å². The van der Waals surface area contributed by atoms with Crippen molar-refractivity contribution >= 4 is 16.9 Å². The van der Waals surface area contributed by atoms with Crippen molar-refractivity contribution in [2.75, 3.05) is 7.11 Å². The van der Waals surface area contributed by atoms with Crippen LogP contribution in [-0.2, 0) is 11.2 Å². The SMILES string of the molecule is COc1ccc2[nH]c(-c3ccc(C)cc3)c(CCC(=O)O)c2c1. The molecule has 0 spiro atoms. The maximum absolute atomic E-state index is 11.0. The Bertz CT molecular complexity index is 847. The number of methoxy groups -OCH3 is 1. The molecule has 0 bridgehead atoms. The second-order valence-electron chi connectivity index (χ2n) is 5.65. The maximum atomic E-state index is 11.0. The summed E-state index contributed by atoms with van der Waals surface area (Å²) in [7, 11) is 1.63. The summed E-state index contributed by atoms with van der Waals surface area (Å²) >= 11 is 0. The van der Waals surface area contributed by atoms with Crippen LogP contribution < -0.4 is 4.74 Å². The van der Waals surface area contributed by atoms with Crippen LogP contribution in [0.3, 0.4) is 0 Å². The van der Waals surface area contributed by atoms with Crippen LogP contribution in [0.15, 0.2) is 42.5 Å². The molecule has 0 aliphatic rings. The quantitative estimate of drug-likeness (QED) is 0.743. The Morgan fingerprint density at radius 2 is 1.91 bits per heavy atom. The van der Waals surface area contributed by atoms with Gasteiger partial charge in [0, 0.05) is 23.0 Å². The molecule has 0 amide bonds. The predicted molar refractivity (Wildman–Crippen MR) is 91.0 cm³/mol. The Morgan fingerprint density at radius 1 is 1.17 bits per heavy atom. The standard InChI is InChI=1S/C19H19NO3/c1-12-3-5-13(6-4-12)19-15(8-10-18(21)22)16-11-14(23-2)7-9-17(16)20-19/h3-7,9,11,20H,8,10H2,1-2H3,(H,21,22). The van der Waals surface area contributed by atoms with Gasteiger partial charge in [0.25, 0.3) is 0 Å². The van der Waals surface area contributed by atoms with E-state index in [9.17, 15) is 4.79 Å². The molecule has 4 nitrogen and oxygen atoms in total. The van der Waals surface area contributed by atoms with Gasteiger partial charge in [-0.1, -0.05) is 29.8 Å². The first kappa shape index (κ1) is 15.2. The molecular formula is C19H19NO3. The number of carboxylic acid groups (broad SMARTS) is 1. The van der Waals surface area contributed by atoms with Crippen LogP contribution in [0.25, 0.3) is 22.2 Å². The van der Waals surface area contributed by atoms with Crippen LogP contribution in [0, 0.1) is 6.92 Å². The molecule has 3 aromatic rings. The highest BCUT2D eigenvalue weighted by molar-refractivity contribution is 5.92. The lowest BCUT2D eigenvalue weighted by atomic mass is 10.0. The molecule has 1 aromatic heterocycles. The number of ether oxygens (including phenoxy) is 1. The Balaban J connectivity index is 2.16. The van der Waals surface area contributed by atoms with Gasteiger partial charge in [-0.25, -0.2) is 0 Å². The number of hydrogen-bond acceptors (Lipinski definition) is 2. The number of H-pyrrole nitrogens is 1. The third-order valence-electron chi connectivity index (χ3n) is 4.04. The van der Waals surface area contributed by atoms with Gasteiger partial charge in [-0.2, -0.15) is 0 Å². The first-order valence-corrected chi connectivity index (χ1v) is 7.56. The summed E-state index contributed by atoms with van der Waals surface area (Å²) in [6.07, 6.45) is 0.578. The number of carbonyl (C=O) groups is 1. The highest BCUT2D eigenvalue weighted by Gasteiger charge is 2.15. The normalized spacial score (nSPS) is 10.9. The first-order valence-electron chi connectivity index (χ1n) is 7.56. The molecule has 0 unspecified atom stereocenters. The number of benzene rings is 2. The molecule has 23 heavy (non-hydrogen) atoms. The number of aryl methyl sites for hydroxylation is 2. The number of hydrogen-bond donors (Lipinski definition) is 2. The minimum absolute atomic E-state index is 0.100. The molecule has 0 radical (unpaired) electrons. The maximum Gasteiger partial charge on any atom is 0.303 e. The first-order chi connectivity index (χ1) is 11.1. The number of aromatic amines is 1. The lowest BCUT2D eigenvalue weighted by molar-refractivity contribution is -0.136. The van der Waals surface area contributed by atoms with Crippen LogP contribution in [0.2, 0.25) is 0 Å². The molecule has 0 saturated heterocycles. The zero-order valence-electron chi connectivity index (χ0n) is 13.2. The lowest BCUT2D eigenvalue weighted by Crippen LogP contribution is -1.98. The fourth-order valence-electron chi connectivity index (χ4n) is 2.81. The molecule has 1 heterocycles. The number of rotatable bonds is 5. The number of nitrogens with one attached hydrogen (secondary N) is 1. The summed E-state index contributed by atoms with van der Waals surface area (Å²) in [6.45, 7) is 2.05. The van der Waals surface area contributed by atoms with Gasteiger partial charge in [0.15, 0.2) is 0 Å². The molecular weight excluding hydrogens is 290 g/mol. The van der Waals surface area contributed by atoms with E-state index in [2.05, 4.69) is 29.2 Å². The van der Waals surface area contributed by atoms with Gasteiger partial charge >= 0.3 is 5.97 Å². The average Bonchev–Trinajstić information content (AvgIpc) is 2.91. The van der Waals surface area contributed by atoms with E-state index in [1.54, 1.807) is 7.11 Å². The summed E-state index contributed by atoms with van der Waals surface area (Å²) in [6, 6.07) is 14.1. The number of fused-ring (bicyclic) bond motifs is 1. The Hall–Kier alpha value is -2.75. The van der Waals surface area contributed by atoms with Crippen molar-refractivity contribution in [3.05, 3.63) is 53.6 Å². The molecule has 0 atom stereocenters.